The van der Waals surface area contributed by atoms with Crippen LogP contribution in [0, 0.1) is 17.8 Å². The molecular weight excluding hydrogens is 226 g/mol. The average molecular weight is 239 g/mol. The van der Waals surface area contributed by atoms with Crippen LogP contribution in [0.25, 0.3) is 11.0 Å². The summed E-state index contributed by atoms with van der Waals surface area (Å²) in [5.74, 6) is 2.95. The van der Waals surface area contributed by atoms with E-state index < -0.39 is 5.41 Å². The SMILES string of the molecule is C#CC1(C(=O)Nc2cc3ccccc3o2)CCC1. The number of rotatable bonds is 2. The molecule has 0 bridgehead atoms. The van der Waals surface area contributed by atoms with E-state index in [1.807, 2.05) is 30.3 Å². The summed E-state index contributed by atoms with van der Waals surface area (Å²) in [5, 5.41) is 3.75. The molecule has 0 radical (unpaired) electrons. The Bertz CT molecular complexity index is 611. The molecule has 1 fully saturated rings. The van der Waals surface area contributed by atoms with Crippen molar-refractivity contribution in [1.29, 1.82) is 0 Å². The molecule has 0 spiro atoms. The highest BCUT2D eigenvalue weighted by atomic mass is 16.4. The molecule has 1 aliphatic rings. The minimum Gasteiger partial charge on any atom is -0.440 e. The zero-order chi connectivity index (χ0) is 12.6. The molecule has 3 heteroatoms. The van der Waals surface area contributed by atoms with Gasteiger partial charge in [-0.2, -0.15) is 0 Å². The standard InChI is InChI=1S/C15H13NO2/c1-2-15(8-5-9-15)14(17)16-13-10-11-6-3-4-7-12(11)18-13/h1,3-4,6-7,10H,5,8-9H2,(H,16,17). The van der Waals surface area contributed by atoms with E-state index in [9.17, 15) is 4.79 Å². The Kier molecular flexibility index (Phi) is 2.38. The third kappa shape index (κ3) is 1.58. The van der Waals surface area contributed by atoms with Gasteiger partial charge in [-0.25, -0.2) is 0 Å². The Morgan fingerprint density at radius 2 is 2.17 bits per heavy atom. The number of furan rings is 1. The first-order valence-electron chi connectivity index (χ1n) is 6.01. The fraction of sp³-hybridized carbons (Fsp3) is 0.267. The molecule has 1 aromatic carbocycles. The first-order valence-corrected chi connectivity index (χ1v) is 6.01. The van der Waals surface area contributed by atoms with Crippen LogP contribution in [-0.4, -0.2) is 5.91 Å². The average Bonchev–Trinajstić information content (AvgIpc) is 2.70. The Hall–Kier alpha value is -2.21. The van der Waals surface area contributed by atoms with Crippen LogP contribution >= 0.6 is 0 Å². The summed E-state index contributed by atoms with van der Waals surface area (Å²) in [6, 6.07) is 9.45. The van der Waals surface area contributed by atoms with Crippen LogP contribution in [0.3, 0.4) is 0 Å². The van der Waals surface area contributed by atoms with Crippen molar-refractivity contribution in [1.82, 2.24) is 0 Å². The summed E-state index contributed by atoms with van der Waals surface area (Å²) in [6.45, 7) is 0. The predicted octanol–water partition coefficient (Wildman–Crippen LogP) is 3.17. The predicted molar refractivity (Wildman–Crippen MR) is 70.0 cm³/mol. The van der Waals surface area contributed by atoms with Crippen molar-refractivity contribution in [2.24, 2.45) is 5.41 Å². The number of para-hydroxylation sites is 1. The van der Waals surface area contributed by atoms with Gasteiger partial charge in [-0.1, -0.05) is 24.1 Å². The first-order chi connectivity index (χ1) is 8.73. The lowest BCUT2D eigenvalue weighted by molar-refractivity contribution is -0.126. The van der Waals surface area contributed by atoms with Crippen LogP contribution in [0.2, 0.25) is 0 Å². The van der Waals surface area contributed by atoms with Gasteiger partial charge in [0.15, 0.2) is 0 Å². The van der Waals surface area contributed by atoms with Gasteiger partial charge in [-0.3, -0.25) is 10.1 Å². The van der Waals surface area contributed by atoms with Crippen molar-refractivity contribution < 1.29 is 9.21 Å². The maximum atomic E-state index is 12.1. The quantitative estimate of drug-likeness (QED) is 0.818. The van der Waals surface area contributed by atoms with Gasteiger partial charge in [0.1, 0.15) is 11.0 Å². The van der Waals surface area contributed by atoms with Gasteiger partial charge in [0.25, 0.3) is 0 Å². The fourth-order valence-electron chi connectivity index (χ4n) is 2.24. The lowest BCUT2D eigenvalue weighted by atomic mass is 9.69. The molecule has 2 aromatic rings. The van der Waals surface area contributed by atoms with Crippen molar-refractivity contribution in [2.75, 3.05) is 5.32 Å². The van der Waals surface area contributed by atoms with Crippen molar-refractivity contribution >= 4 is 22.8 Å². The van der Waals surface area contributed by atoms with Crippen molar-refractivity contribution in [2.45, 2.75) is 19.3 Å². The van der Waals surface area contributed by atoms with E-state index in [1.165, 1.54) is 0 Å². The van der Waals surface area contributed by atoms with Crippen LogP contribution in [0.15, 0.2) is 34.7 Å². The molecule has 90 valence electrons. The smallest absolute Gasteiger partial charge is 0.244 e. The Morgan fingerprint density at radius 3 is 2.78 bits per heavy atom. The lowest BCUT2D eigenvalue weighted by Gasteiger charge is -2.34. The minimum atomic E-state index is -0.626. The van der Waals surface area contributed by atoms with Crippen molar-refractivity contribution in [3.05, 3.63) is 30.3 Å². The maximum absolute atomic E-state index is 12.1. The van der Waals surface area contributed by atoms with Gasteiger partial charge in [0, 0.05) is 11.5 Å². The zero-order valence-corrected chi connectivity index (χ0v) is 9.90. The number of hydrogen-bond donors (Lipinski definition) is 1. The van der Waals surface area contributed by atoms with Crippen LogP contribution < -0.4 is 5.32 Å². The molecule has 0 saturated heterocycles. The number of amides is 1. The number of hydrogen-bond acceptors (Lipinski definition) is 2. The summed E-state index contributed by atoms with van der Waals surface area (Å²) < 4.78 is 5.55. The molecule has 3 rings (SSSR count). The third-order valence-corrected chi connectivity index (χ3v) is 3.58. The second-order valence-corrected chi connectivity index (χ2v) is 4.68. The summed E-state index contributed by atoms with van der Waals surface area (Å²) in [6.07, 6.45) is 7.99. The maximum Gasteiger partial charge on any atom is 0.244 e. The molecule has 3 nitrogen and oxygen atoms in total. The molecular formula is C15H13NO2. The second kappa shape index (κ2) is 3.92. The third-order valence-electron chi connectivity index (χ3n) is 3.58. The summed E-state index contributed by atoms with van der Waals surface area (Å²) in [7, 11) is 0. The number of carbonyl (C=O) groups is 1. The first kappa shape index (κ1) is 10.9. The number of carbonyl (C=O) groups excluding carboxylic acids is 1. The second-order valence-electron chi connectivity index (χ2n) is 4.68. The van der Waals surface area contributed by atoms with E-state index in [0.717, 1.165) is 30.2 Å². The normalized spacial score (nSPS) is 16.8. The highest BCUT2D eigenvalue weighted by Crippen LogP contribution is 2.41. The van der Waals surface area contributed by atoms with Crippen molar-refractivity contribution in [3.63, 3.8) is 0 Å². The van der Waals surface area contributed by atoms with Gasteiger partial charge >= 0.3 is 0 Å². The van der Waals surface area contributed by atoms with E-state index in [0.29, 0.717) is 5.88 Å². The highest BCUT2D eigenvalue weighted by molar-refractivity contribution is 5.98. The Balaban J connectivity index is 1.84. The topological polar surface area (TPSA) is 42.2 Å². The number of benzene rings is 1. The van der Waals surface area contributed by atoms with Gasteiger partial charge < -0.3 is 4.42 Å². The van der Waals surface area contributed by atoms with Crippen LogP contribution in [0.4, 0.5) is 5.88 Å². The number of nitrogens with one attached hydrogen (secondary N) is 1. The highest BCUT2D eigenvalue weighted by Gasteiger charge is 2.42. The van der Waals surface area contributed by atoms with E-state index >= 15 is 0 Å². The van der Waals surface area contributed by atoms with Crippen LogP contribution in [0.1, 0.15) is 19.3 Å². The van der Waals surface area contributed by atoms with Gasteiger partial charge in [-0.15, -0.1) is 6.42 Å². The molecule has 0 aliphatic heterocycles. The van der Waals surface area contributed by atoms with Crippen LogP contribution in [-0.2, 0) is 4.79 Å². The molecule has 1 aromatic heterocycles. The molecule has 1 N–H and O–H groups in total. The fourth-order valence-corrected chi connectivity index (χ4v) is 2.24. The van der Waals surface area contributed by atoms with Gasteiger partial charge in [0.05, 0.1) is 0 Å². The molecule has 1 heterocycles. The summed E-state index contributed by atoms with van der Waals surface area (Å²) >= 11 is 0. The lowest BCUT2D eigenvalue weighted by Crippen LogP contribution is -2.40. The molecule has 0 atom stereocenters. The zero-order valence-electron chi connectivity index (χ0n) is 9.90. The van der Waals surface area contributed by atoms with Gasteiger partial charge in [0.2, 0.25) is 11.8 Å². The van der Waals surface area contributed by atoms with E-state index in [2.05, 4.69) is 11.2 Å². The molecule has 18 heavy (non-hydrogen) atoms. The molecule has 1 saturated carbocycles. The molecule has 1 amide bonds. The summed E-state index contributed by atoms with van der Waals surface area (Å²) in [4.78, 5) is 12.1. The number of fused-ring (bicyclic) bond motifs is 1. The summed E-state index contributed by atoms with van der Waals surface area (Å²) in [5.41, 5.74) is 0.134. The largest absolute Gasteiger partial charge is 0.440 e. The molecule has 1 aliphatic carbocycles. The Morgan fingerprint density at radius 1 is 1.39 bits per heavy atom. The monoisotopic (exact) mass is 239 g/mol. The number of anilines is 1. The van der Waals surface area contributed by atoms with Crippen LogP contribution in [0.5, 0.6) is 0 Å². The minimum absolute atomic E-state index is 0.129. The van der Waals surface area contributed by atoms with E-state index in [1.54, 1.807) is 0 Å². The van der Waals surface area contributed by atoms with Gasteiger partial charge in [-0.05, 0) is 25.3 Å². The molecule has 0 unspecified atom stereocenters. The van der Waals surface area contributed by atoms with E-state index in [4.69, 9.17) is 10.8 Å². The number of terminal acetylenes is 1. The Labute approximate surface area is 105 Å². The van der Waals surface area contributed by atoms with E-state index in [-0.39, 0.29) is 5.91 Å². The van der Waals surface area contributed by atoms with Crippen molar-refractivity contribution in [3.8, 4) is 12.3 Å².